The number of nitrogens with zero attached hydrogens (tertiary/aromatic N) is 2. The Morgan fingerprint density at radius 1 is 1.41 bits per heavy atom. The lowest BCUT2D eigenvalue weighted by molar-refractivity contribution is -0.123. The standard InChI is InChI=1S/C16H20ClN3OS/c1-12(20-10-9-18-13(20)2)16(21)19-8-3-11-22-15-6-4-14(17)5-7-15/h4-7,9-10,12H,3,8,11H2,1-2H3,(H,19,21)/t12-/m1/s1. The Kier molecular flexibility index (Phi) is 6.34. The minimum Gasteiger partial charge on any atom is -0.354 e. The number of carbonyl (C=O) groups excluding carboxylic acids is 1. The van der Waals surface area contributed by atoms with Crippen molar-refractivity contribution < 1.29 is 4.79 Å². The minimum absolute atomic E-state index is 0.0255. The number of rotatable bonds is 7. The Morgan fingerprint density at radius 3 is 2.77 bits per heavy atom. The van der Waals surface area contributed by atoms with E-state index in [1.54, 1.807) is 18.0 Å². The summed E-state index contributed by atoms with van der Waals surface area (Å²) in [7, 11) is 0. The van der Waals surface area contributed by atoms with E-state index in [1.807, 2.05) is 48.9 Å². The fraction of sp³-hybridized carbons (Fsp3) is 0.375. The predicted octanol–water partition coefficient (Wildman–Crippen LogP) is 3.70. The van der Waals surface area contributed by atoms with Gasteiger partial charge >= 0.3 is 0 Å². The first kappa shape index (κ1) is 16.9. The van der Waals surface area contributed by atoms with Crippen molar-refractivity contribution >= 4 is 29.3 Å². The molecule has 0 radical (unpaired) electrons. The molecule has 1 heterocycles. The third-order valence-corrected chi connectivity index (χ3v) is 4.71. The van der Waals surface area contributed by atoms with Gasteiger partial charge in [-0.1, -0.05) is 11.6 Å². The van der Waals surface area contributed by atoms with Gasteiger partial charge in [-0.15, -0.1) is 11.8 Å². The molecule has 0 aliphatic carbocycles. The van der Waals surface area contributed by atoms with E-state index in [-0.39, 0.29) is 11.9 Å². The quantitative estimate of drug-likeness (QED) is 0.619. The van der Waals surface area contributed by atoms with Crippen molar-refractivity contribution in [3.8, 4) is 0 Å². The lowest BCUT2D eigenvalue weighted by atomic mass is 10.3. The number of halogens is 1. The number of amides is 1. The number of hydrogen-bond donors (Lipinski definition) is 1. The maximum Gasteiger partial charge on any atom is 0.242 e. The molecular weight excluding hydrogens is 318 g/mol. The molecule has 1 atom stereocenters. The molecule has 1 N–H and O–H groups in total. The zero-order valence-corrected chi connectivity index (χ0v) is 14.3. The molecule has 1 aromatic carbocycles. The minimum atomic E-state index is -0.230. The van der Waals surface area contributed by atoms with Gasteiger partial charge in [0.05, 0.1) is 0 Å². The second-order valence-corrected chi connectivity index (χ2v) is 6.61. The van der Waals surface area contributed by atoms with Crippen LogP contribution in [-0.4, -0.2) is 27.8 Å². The smallest absolute Gasteiger partial charge is 0.242 e. The van der Waals surface area contributed by atoms with Crippen molar-refractivity contribution in [2.75, 3.05) is 12.3 Å². The third-order valence-electron chi connectivity index (χ3n) is 3.36. The number of nitrogens with one attached hydrogen (secondary N) is 1. The number of imidazole rings is 1. The number of carbonyl (C=O) groups is 1. The molecular formula is C16H20ClN3OS. The van der Waals surface area contributed by atoms with Crippen molar-refractivity contribution in [2.45, 2.75) is 31.2 Å². The molecule has 4 nitrogen and oxygen atoms in total. The molecule has 0 spiro atoms. The van der Waals surface area contributed by atoms with Crippen LogP contribution in [0, 0.1) is 6.92 Å². The fourth-order valence-electron chi connectivity index (χ4n) is 2.08. The summed E-state index contributed by atoms with van der Waals surface area (Å²) in [6.07, 6.45) is 4.46. The van der Waals surface area contributed by atoms with Gasteiger partial charge in [0.2, 0.25) is 5.91 Å². The molecule has 0 fully saturated rings. The topological polar surface area (TPSA) is 46.9 Å². The molecule has 22 heavy (non-hydrogen) atoms. The highest BCUT2D eigenvalue weighted by atomic mass is 35.5. The van der Waals surface area contributed by atoms with Crippen LogP contribution >= 0.6 is 23.4 Å². The second-order valence-electron chi connectivity index (χ2n) is 5.00. The zero-order valence-electron chi connectivity index (χ0n) is 12.8. The van der Waals surface area contributed by atoms with E-state index in [0.29, 0.717) is 6.54 Å². The Bertz CT molecular complexity index is 612. The highest BCUT2D eigenvalue weighted by Gasteiger charge is 2.15. The van der Waals surface area contributed by atoms with Crippen LogP contribution < -0.4 is 5.32 Å². The van der Waals surface area contributed by atoms with Gasteiger partial charge in [-0.2, -0.15) is 0 Å². The number of aromatic nitrogens is 2. The van der Waals surface area contributed by atoms with E-state index in [4.69, 9.17) is 11.6 Å². The maximum absolute atomic E-state index is 12.1. The Labute approximate surface area is 140 Å². The van der Waals surface area contributed by atoms with Gasteiger partial charge in [-0.05, 0) is 50.3 Å². The third kappa shape index (κ3) is 4.78. The van der Waals surface area contributed by atoms with Crippen molar-refractivity contribution in [1.82, 2.24) is 14.9 Å². The lowest BCUT2D eigenvalue weighted by Crippen LogP contribution is -2.32. The fourth-order valence-corrected chi connectivity index (χ4v) is 3.05. The summed E-state index contributed by atoms with van der Waals surface area (Å²) in [5, 5.41) is 3.72. The summed E-state index contributed by atoms with van der Waals surface area (Å²) < 4.78 is 1.87. The summed E-state index contributed by atoms with van der Waals surface area (Å²) in [4.78, 5) is 17.4. The Hall–Kier alpha value is -1.46. The van der Waals surface area contributed by atoms with E-state index in [1.165, 1.54) is 4.90 Å². The first-order chi connectivity index (χ1) is 10.6. The number of hydrogen-bond acceptors (Lipinski definition) is 3. The maximum atomic E-state index is 12.1. The Balaban J connectivity index is 1.67. The average Bonchev–Trinajstić information content (AvgIpc) is 2.94. The molecule has 0 unspecified atom stereocenters. The molecule has 6 heteroatoms. The Morgan fingerprint density at radius 2 is 2.14 bits per heavy atom. The van der Waals surface area contributed by atoms with E-state index in [9.17, 15) is 4.79 Å². The van der Waals surface area contributed by atoms with E-state index in [2.05, 4.69) is 10.3 Å². The van der Waals surface area contributed by atoms with Gasteiger partial charge in [0.15, 0.2) is 0 Å². The molecule has 2 rings (SSSR count). The molecule has 0 aliphatic rings. The zero-order chi connectivity index (χ0) is 15.9. The molecule has 2 aromatic rings. The summed E-state index contributed by atoms with van der Waals surface area (Å²) in [6.45, 7) is 4.45. The SMILES string of the molecule is Cc1nccn1[C@H](C)C(=O)NCCCSc1ccc(Cl)cc1. The first-order valence-electron chi connectivity index (χ1n) is 7.23. The van der Waals surface area contributed by atoms with Crippen molar-refractivity contribution in [3.63, 3.8) is 0 Å². The number of thioether (sulfide) groups is 1. The molecule has 1 amide bonds. The lowest BCUT2D eigenvalue weighted by Gasteiger charge is -2.15. The van der Waals surface area contributed by atoms with Crippen LogP contribution in [0.5, 0.6) is 0 Å². The van der Waals surface area contributed by atoms with Crippen LogP contribution in [-0.2, 0) is 4.79 Å². The highest BCUT2D eigenvalue weighted by molar-refractivity contribution is 7.99. The summed E-state index contributed by atoms with van der Waals surface area (Å²) in [5.74, 6) is 1.83. The van der Waals surface area contributed by atoms with Crippen LogP contribution in [0.1, 0.15) is 25.2 Å². The predicted molar refractivity (Wildman–Crippen MR) is 91.5 cm³/mol. The van der Waals surface area contributed by atoms with Gasteiger partial charge in [-0.25, -0.2) is 4.98 Å². The van der Waals surface area contributed by atoms with Gasteiger partial charge in [0, 0.05) is 28.9 Å². The molecule has 0 saturated heterocycles. The van der Waals surface area contributed by atoms with Crippen molar-refractivity contribution in [3.05, 3.63) is 47.5 Å². The second kappa shape index (κ2) is 8.25. The summed E-state index contributed by atoms with van der Waals surface area (Å²) >= 11 is 7.61. The van der Waals surface area contributed by atoms with Crippen LogP contribution in [0.2, 0.25) is 5.02 Å². The van der Waals surface area contributed by atoms with Crippen LogP contribution in [0.15, 0.2) is 41.6 Å². The normalized spacial score (nSPS) is 12.1. The van der Waals surface area contributed by atoms with Gasteiger partial charge in [0.25, 0.3) is 0 Å². The van der Waals surface area contributed by atoms with Gasteiger partial charge in [0.1, 0.15) is 11.9 Å². The van der Waals surface area contributed by atoms with Gasteiger partial charge in [-0.3, -0.25) is 4.79 Å². The molecule has 1 aromatic heterocycles. The summed E-state index contributed by atoms with van der Waals surface area (Å²) in [5.41, 5.74) is 0. The van der Waals surface area contributed by atoms with Crippen molar-refractivity contribution in [2.24, 2.45) is 0 Å². The largest absolute Gasteiger partial charge is 0.354 e. The van der Waals surface area contributed by atoms with E-state index in [0.717, 1.165) is 23.0 Å². The van der Waals surface area contributed by atoms with E-state index >= 15 is 0 Å². The molecule has 0 aliphatic heterocycles. The number of benzene rings is 1. The molecule has 0 saturated carbocycles. The van der Waals surface area contributed by atoms with Crippen LogP contribution in [0.25, 0.3) is 0 Å². The monoisotopic (exact) mass is 337 g/mol. The van der Waals surface area contributed by atoms with Gasteiger partial charge < -0.3 is 9.88 Å². The van der Waals surface area contributed by atoms with Crippen molar-refractivity contribution in [1.29, 1.82) is 0 Å². The van der Waals surface area contributed by atoms with Crippen LogP contribution in [0.4, 0.5) is 0 Å². The number of aryl methyl sites for hydroxylation is 1. The molecule has 118 valence electrons. The van der Waals surface area contributed by atoms with Crippen LogP contribution in [0.3, 0.4) is 0 Å². The molecule has 0 bridgehead atoms. The highest BCUT2D eigenvalue weighted by Crippen LogP contribution is 2.20. The average molecular weight is 338 g/mol. The summed E-state index contributed by atoms with van der Waals surface area (Å²) in [6, 6.07) is 7.57. The first-order valence-corrected chi connectivity index (χ1v) is 8.60. The van der Waals surface area contributed by atoms with E-state index < -0.39 is 0 Å².